The van der Waals surface area contributed by atoms with Crippen LogP contribution in [0.1, 0.15) is 26.7 Å². The molecule has 0 heterocycles. The molecule has 1 atom stereocenters. The van der Waals surface area contributed by atoms with E-state index in [4.69, 9.17) is 0 Å². The maximum Gasteiger partial charge on any atom is 0.0753 e. The number of hydrogen-bond acceptors (Lipinski definition) is 1. The molecule has 0 aromatic rings. The van der Waals surface area contributed by atoms with Crippen LogP contribution in [0.2, 0.25) is 0 Å². The second kappa shape index (κ2) is 5.08. The summed E-state index contributed by atoms with van der Waals surface area (Å²) >= 11 is 0. The lowest BCUT2D eigenvalue weighted by Gasteiger charge is -2.05. The Hall–Kier alpha value is -0.740. The molecular formula is C9H14O. The van der Waals surface area contributed by atoms with Gasteiger partial charge in [0.05, 0.1) is 6.10 Å². The molecule has 0 aliphatic heterocycles. The SMILES string of the molecule is C=C(C)C(O)CCC#CC. The summed E-state index contributed by atoms with van der Waals surface area (Å²) in [6.07, 6.45) is 1.08. The molecule has 0 spiro atoms. The van der Waals surface area contributed by atoms with Crippen molar-refractivity contribution in [1.82, 2.24) is 0 Å². The molecule has 1 N–H and O–H groups in total. The average Bonchev–Trinajstić information content (AvgIpc) is 1.88. The molecule has 1 heteroatoms. The zero-order chi connectivity index (χ0) is 7.98. The van der Waals surface area contributed by atoms with Crippen LogP contribution >= 0.6 is 0 Å². The first-order valence-electron chi connectivity index (χ1n) is 3.41. The molecule has 0 radical (unpaired) electrons. The van der Waals surface area contributed by atoms with Crippen LogP contribution in [0.3, 0.4) is 0 Å². The van der Waals surface area contributed by atoms with Gasteiger partial charge < -0.3 is 5.11 Å². The zero-order valence-electron chi connectivity index (χ0n) is 6.65. The van der Waals surface area contributed by atoms with Crippen molar-refractivity contribution in [2.24, 2.45) is 0 Å². The van der Waals surface area contributed by atoms with Gasteiger partial charge >= 0.3 is 0 Å². The summed E-state index contributed by atoms with van der Waals surface area (Å²) in [4.78, 5) is 0. The fourth-order valence-corrected chi connectivity index (χ4v) is 0.580. The highest BCUT2D eigenvalue weighted by molar-refractivity contribution is 5.01. The zero-order valence-corrected chi connectivity index (χ0v) is 6.65. The van der Waals surface area contributed by atoms with Gasteiger partial charge in [-0.3, -0.25) is 0 Å². The van der Waals surface area contributed by atoms with Crippen LogP contribution < -0.4 is 0 Å². The Morgan fingerprint density at radius 2 is 2.30 bits per heavy atom. The molecular weight excluding hydrogens is 124 g/mol. The molecule has 0 rings (SSSR count). The molecule has 0 bridgehead atoms. The molecule has 0 aromatic carbocycles. The van der Waals surface area contributed by atoms with Crippen molar-refractivity contribution in [2.45, 2.75) is 32.8 Å². The van der Waals surface area contributed by atoms with E-state index in [1.807, 2.05) is 6.92 Å². The van der Waals surface area contributed by atoms with Crippen molar-refractivity contribution < 1.29 is 5.11 Å². The van der Waals surface area contributed by atoms with Gasteiger partial charge in [0.15, 0.2) is 0 Å². The Morgan fingerprint density at radius 1 is 1.70 bits per heavy atom. The van der Waals surface area contributed by atoms with Gasteiger partial charge in [-0.05, 0) is 20.3 Å². The summed E-state index contributed by atoms with van der Waals surface area (Å²) in [5, 5.41) is 9.19. The number of aliphatic hydroxyl groups is 1. The first-order chi connectivity index (χ1) is 4.68. The number of aliphatic hydroxyl groups excluding tert-OH is 1. The monoisotopic (exact) mass is 138 g/mol. The van der Waals surface area contributed by atoms with Crippen LogP contribution in [0.15, 0.2) is 12.2 Å². The van der Waals surface area contributed by atoms with E-state index in [1.165, 1.54) is 0 Å². The molecule has 1 nitrogen and oxygen atoms in total. The summed E-state index contributed by atoms with van der Waals surface area (Å²) in [6.45, 7) is 7.26. The van der Waals surface area contributed by atoms with Crippen LogP contribution in [0, 0.1) is 11.8 Å². The minimum Gasteiger partial charge on any atom is -0.389 e. The Bertz CT molecular complexity index is 159. The van der Waals surface area contributed by atoms with E-state index in [1.54, 1.807) is 6.92 Å². The molecule has 1 unspecified atom stereocenters. The molecule has 0 amide bonds. The minimum absolute atomic E-state index is 0.374. The van der Waals surface area contributed by atoms with Gasteiger partial charge in [0.1, 0.15) is 0 Å². The predicted octanol–water partition coefficient (Wildman–Crippen LogP) is 1.73. The molecule has 0 saturated carbocycles. The third-order valence-electron chi connectivity index (χ3n) is 1.29. The fraction of sp³-hybridized carbons (Fsp3) is 0.556. The van der Waals surface area contributed by atoms with Gasteiger partial charge in [-0.2, -0.15) is 0 Å². The quantitative estimate of drug-likeness (QED) is 0.465. The molecule has 0 aliphatic rings. The fourth-order valence-electron chi connectivity index (χ4n) is 0.580. The first-order valence-corrected chi connectivity index (χ1v) is 3.41. The highest BCUT2D eigenvalue weighted by Gasteiger charge is 2.00. The predicted molar refractivity (Wildman–Crippen MR) is 43.5 cm³/mol. The third-order valence-corrected chi connectivity index (χ3v) is 1.29. The maximum atomic E-state index is 9.19. The van der Waals surface area contributed by atoms with E-state index in [-0.39, 0.29) is 6.10 Å². The van der Waals surface area contributed by atoms with Crippen LogP contribution in [0.5, 0.6) is 0 Å². The summed E-state index contributed by atoms with van der Waals surface area (Å²) < 4.78 is 0. The van der Waals surface area contributed by atoms with Gasteiger partial charge in [-0.15, -0.1) is 11.8 Å². The Morgan fingerprint density at radius 3 is 2.70 bits per heavy atom. The van der Waals surface area contributed by atoms with Crippen LogP contribution in [0.4, 0.5) is 0 Å². The van der Waals surface area contributed by atoms with E-state index < -0.39 is 0 Å². The second-order valence-corrected chi connectivity index (χ2v) is 2.33. The third kappa shape index (κ3) is 4.17. The van der Waals surface area contributed by atoms with E-state index in [0.717, 1.165) is 12.0 Å². The summed E-state index contributed by atoms with van der Waals surface area (Å²) in [7, 11) is 0. The summed E-state index contributed by atoms with van der Waals surface area (Å²) in [5.41, 5.74) is 0.818. The van der Waals surface area contributed by atoms with Crippen molar-refractivity contribution in [3.63, 3.8) is 0 Å². The number of hydrogen-bond donors (Lipinski definition) is 1. The van der Waals surface area contributed by atoms with Crippen molar-refractivity contribution in [1.29, 1.82) is 0 Å². The normalized spacial score (nSPS) is 11.5. The molecule has 56 valence electrons. The molecule has 0 aliphatic carbocycles. The lowest BCUT2D eigenvalue weighted by atomic mass is 10.1. The van der Waals surface area contributed by atoms with E-state index in [2.05, 4.69) is 18.4 Å². The average molecular weight is 138 g/mol. The summed E-state index contributed by atoms with van der Waals surface area (Å²) in [6, 6.07) is 0. The Balaban J connectivity index is 3.46. The minimum atomic E-state index is -0.374. The number of rotatable bonds is 3. The molecule has 0 fully saturated rings. The van der Waals surface area contributed by atoms with Gasteiger partial charge in [-0.25, -0.2) is 0 Å². The molecule has 0 saturated heterocycles. The lowest BCUT2D eigenvalue weighted by molar-refractivity contribution is 0.203. The highest BCUT2D eigenvalue weighted by atomic mass is 16.3. The van der Waals surface area contributed by atoms with E-state index >= 15 is 0 Å². The Kier molecular flexibility index (Phi) is 4.70. The van der Waals surface area contributed by atoms with Gasteiger partial charge in [-0.1, -0.05) is 12.2 Å². The van der Waals surface area contributed by atoms with Gasteiger partial charge in [0.25, 0.3) is 0 Å². The Labute approximate surface area is 62.8 Å². The van der Waals surface area contributed by atoms with Crippen molar-refractivity contribution in [2.75, 3.05) is 0 Å². The van der Waals surface area contributed by atoms with Crippen LogP contribution in [0.25, 0.3) is 0 Å². The molecule has 10 heavy (non-hydrogen) atoms. The second-order valence-electron chi connectivity index (χ2n) is 2.33. The van der Waals surface area contributed by atoms with E-state index in [0.29, 0.717) is 6.42 Å². The largest absolute Gasteiger partial charge is 0.389 e. The van der Waals surface area contributed by atoms with Gasteiger partial charge in [0.2, 0.25) is 0 Å². The standard InChI is InChI=1S/C9H14O/c1-4-5-6-7-9(10)8(2)3/h9-10H,2,6-7H2,1,3H3. The molecule has 0 aromatic heterocycles. The smallest absolute Gasteiger partial charge is 0.0753 e. The van der Waals surface area contributed by atoms with Crippen LogP contribution in [-0.4, -0.2) is 11.2 Å². The van der Waals surface area contributed by atoms with Crippen molar-refractivity contribution in [3.8, 4) is 11.8 Å². The van der Waals surface area contributed by atoms with Crippen LogP contribution in [-0.2, 0) is 0 Å². The van der Waals surface area contributed by atoms with Crippen molar-refractivity contribution >= 4 is 0 Å². The lowest BCUT2D eigenvalue weighted by Crippen LogP contribution is -2.05. The van der Waals surface area contributed by atoms with Crippen molar-refractivity contribution in [3.05, 3.63) is 12.2 Å². The maximum absolute atomic E-state index is 9.19. The topological polar surface area (TPSA) is 20.2 Å². The first kappa shape index (κ1) is 9.26. The summed E-state index contributed by atoms with van der Waals surface area (Å²) in [5.74, 6) is 5.65. The van der Waals surface area contributed by atoms with Gasteiger partial charge in [0, 0.05) is 6.42 Å². The highest BCUT2D eigenvalue weighted by Crippen LogP contribution is 2.04. The van der Waals surface area contributed by atoms with E-state index in [9.17, 15) is 5.11 Å².